The van der Waals surface area contributed by atoms with Gasteiger partial charge in [0.2, 0.25) is 11.7 Å². The van der Waals surface area contributed by atoms with E-state index in [1.54, 1.807) is 12.1 Å². The number of hydrogen-bond donors (Lipinski definition) is 1. The largest absolute Gasteiger partial charge is 0.381 e. The molecule has 1 aliphatic heterocycles. The molecule has 4 rings (SSSR count). The van der Waals surface area contributed by atoms with Gasteiger partial charge in [-0.1, -0.05) is 41.6 Å². The van der Waals surface area contributed by atoms with Crippen LogP contribution in [0.5, 0.6) is 0 Å². The van der Waals surface area contributed by atoms with Crippen LogP contribution < -0.4 is 5.73 Å². The molecule has 2 heterocycles. The van der Waals surface area contributed by atoms with Crippen molar-refractivity contribution >= 4 is 12.4 Å². The van der Waals surface area contributed by atoms with E-state index in [9.17, 15) is 4.39 Å². The van der Waals surface area contributed by atoms with Crippen LogP contribution in [0.2, 0.25) is 0 Å². The predicted molar refractivity (Wildman–Crippen MR) is 102 cm³/mol. The lowest BCUT2D eigenvalue weighted by atomic mass is 9.74. The van der Waals surface area contributed by atoms with Crippen LogP contribution in [0.25, 0.3) is 11.4 Å². The van der Waals surface area contributed by atoms with Crippen molar-refractivity contribution in [3.63, 3.8) is 0 Å². The second-order valence-electron chi connectivity index (χ2n) is 6.53. The molecule has 0 amide bonds. The lowest BCUT2D eigenvalue weighted by Gasteiger charge is -2.34. The van der Waals surface area contributed by atoms with Crippen LogP contribution in [-0.2, 0) is 16.7 Å². The van der Waals surface area contributed by atoms with Crippen molar-refractivity contribution in [3.8, 4) is 11.4 Å². The smallest absolute Gasteiger partial charge is 0.237 e. The van der Waals surface area contributed by atoms with E-state index in [1.807, 2.05) is 24.3 Å². The molecule has 0 saturated carbocycles. The number of nitrogens with zero attached hydrogens (tertiary/aromatic N) is 2. The third kappa shape index (κ3) is 3.74. The standard InChI is InChI=1S/C20H20FN3O2.ClH/c21-17-7-5-16(6-8-17)20(9-11-25-12-10-20)19-23-18(24-26-19)15-3-1-14(13-22)2-4-15;/h1-8H,9-13,22H2;1H. The van der Waals surface area contributed by atoms with Crippen molar-refractivity contribution in [2.24, 2.45) is 5.73 Å². The normalized spacial score (nSPS) is 15.9. The minimum Gasteiger partial charge on any atom is -0.381 e. The van der Waals surface area contributed by atoms with Crippen LogP contribution in [0.1, 0.15) is 29.9 Å². The summed E-state index contributed by atoms with van der Waals surface area (Å²) >= 11 is 0. The molecule has 0 aliphatic carbocycles. The summed E-state index contributed by atoms with van der Waals surface area (Å²) in [5.41, 5.74) is 8.08. The van der Waals surface area contributed by atoms with E-state index in [-0.39, 0.29) is 18.2 Å². The van der Waals surface area contributed by atoms with Gasteiger partial charge in [-0.2, -0.15) is 4.98 Å². The first-order valence-corrected chi connectivity index (χ1v) is 8.69. The highest BCUT2D eigenvalue weighted by Crippen LogP contribution is 2.41. The van der Waals surface area contributed by atoms with Gasteiger partial charge in [0.25, 0.3) is 0 Å². The first-order chi connectivity index (χ1) is 12.7. The first-order valence-electron chi connectivity index (χ1n) is 8.69. The Hall–Kier alpha value is -2.28. The maximum absolute atomic E-state index is 13.4. The van der Waals surface area contributed by atoms with Crippen molar-refractivity contribution in [2.45, 2.75) is 24.8 Å². The average Bonchev–Trinajstić information content (AvgIpc) is 3.20. The Bertz CT molecular complexity index is 875. The molecule has 0 unspecified atom stereocenters. The van der Waals surface area contributed by atoms with Gasteiger partial charge in [-0.3, -0.25) is 0 Å². The summed E-state index contributed by atoms with van der Waals surface area (Å²) in [6, 6.07) is 14.3. The zero-order chi connectivity index (χ0) is 18.0. The summed E-state index contributed by atoms with van der Waals surface area (Å²) in [4.78, 5) is 4.67. The van der Waals surface area contributed by atoms with Crippen molar-refractivity contribution in [3.05, 3.63) is 71.4 Å². The summed E-state index contributed by atoms with van der Waals surface area (Å²) in [6.07, 6.45) is 1.43. The monoisotopic (exact) mass is 389 g/mol. The first kappa shape index (κ1) is 19.5. The Balaban J connectivity index is 0.00000210. The third-order valence-corrected chi connectivity index (χ3v) is 5.03. The van der Waals surface area contributed by atoms with Gasteiger partial charge in [0.15, 0.2) is 0 Å². The molecule has 1 fully saturated rings. The van der Waals surface area contributed by atoms with Gasteiger partial charge in [-0.15, -0.1) is 12.4 Å². The minimum atomic E-state index is -0.450. The third-order valence-electron chi connectivity index (χ3n) is 5.03. The van der Waals surface area contributed by atoms with Gasteiger partial charge in [0, 0.05) is 25.3 Å². The molecule has 3 aromatic rings. The number of halogens is 2. The zero-order valence-corrected chi connectivity index (χ0v) is 15.5. The van der Waals surface area contributed by atoms with E-state index in [0.717, 1.165) is 16.7 Å². The van der Waals surface area contributed by atoms with E-state index in [0.29, 0.717) is 44.3 Å². The van der Waals surface area contributed by atoms with Crippen molar-refractivity contribution in [1.82, 2.24) is 10.1 Å². The molecule has 142 valence electrons. The summed E-state index contributed by atoms with van der Waals surface area (Å²) in [5.74, 6) is 0.823. The molecule has 27 heavy (non-hydrogen) atoms. The number of benzene rings is 2. The van der Waals surface area contributed by atoms with Crippen LogP contribution in [-0.4, -0.2) is 23.4 Å². The van der Waals surface area contributed by atoms with Crippen LogP contribution in [0.4, 0.5) is 4.39 Å². The van der Waals surface area contributed by atoms with Gasteiger partial charge in [-0.25, -0.2) is 4.39 Å². The fourth-order valence-corrected chi connectivity index (χ4v) is 3.44. The topological polar surface area (TPSA) is 74.2 Å². The fraction of sp³-hybridized carbons (Fsp3) is 0.300. The van der Waals surface area contributed by atoms with Crippen LogP contribution in [0.3, 0.4) is 0 Å². The molecule has 2 aromatic carbocycles. The molecule has 0 bridgehead atoms. The highest BCUT2D eigenvalue weighted by molar-refractivity contribution is 5.85. The quantitative estimate of drug-likeness (QED) is 0.733. The van der Waals surface area contributed by atoms with Crippen molar-refractivity contribution in [1.29, 1.82) is 0 Å². The molecule has 1 saturated heterocycles. The number of nitrogens with two attached hydrogens (primary N) is 1. The molecule has 7 heteroatoms. The van der Waals surface area contributed by atoms with E-state index in [1.165, 1.54) is 12.1 Å². The number of rotatable bonds is 4. The molecule has 1 aromatic heterocycles. The van der Waals surface area contributed by atoms with E-state index in [2.05, 4.69) is 10.1 Å². The number of ether oxygens (including phenoxy) is 1. The van der Waals surface area contributed by atoms with E-state index in [4.69, 9.17) is 15.0 Å². The van der Waals surface area contributed by atoms with Gasteiger partial charge in [0.05, 0.1) is 5.41 Å². The van der Waals surface area contributed by atoms with Gasteiger partial charge in [0.1, 0.15) is 5.82 Å². The maximum Gasteiger partial charge on any atom is 0.237 e. The number of aromatic nitrogens is 2. The van der Waals surface area contributed by atoms with Crippen LogP contribution in [0.15, 0.2) is 53.1 Å². The molecular formula is C20H21ClFN3O2. The molecule has 0 spiro atoms. The molecular weight excluding hydrogens is 369 g/mol. The summed E-state index contributed by atoms with van der Waals surface area (Å²) < 4.78 is 24.6. The second kappa shape index (κ2) is 8.17. The van der Waals surface area contributed by atoms with Gasteiger partial charge < -0.3 is 15.0 Å². The average molecular weight is 390 g/mol. The van der Waals surface area contributed by atoms with E-state index < -0.39 is 5.41 Å². The summed E-state index contributed by atoms with van der Waals surface area (Å²) in [6.45, 7) is 1.69. The highest BCUT2D eigenvalue weighted by atomic mass is 35.5. The summed E-state index contributed by atoms with van der Waals surface area (Å²) in [7, 11) is 0. The Morgan fingerprint density at radius 3 is 2.30 bits per heavy atom. The highest BCUT2D eigenvalue weighted by Gasteiger charge is 2.41. The van der Waals surface area contributed by atoms with Crippen LogP contribution in [0, 0.1) is 5.82 Å². The molecule has 2 N–H and O–H groups in total. The van der Waals surface area contributed by atoms with Crippen molar-refractivity contribution < 1.29 is 13.7 Å². The summed E-state index contributed by atoms with van der Waals surface area (Å²) in [5, 5.41) is 4.17. The Morgan fingerprint density at radius 1 is 1.00 bits per heavy atom. The number of hydrogen-bond acceptors (Lipinski definition) is 5. The SMILES string of the molecule is Cl.NCc1ccc(-c2noc(C3(c4ccc(F)cc4)CCOCC3)n2)cc1. The maximum atomic E-state index is 13.4. The second-order valence-corrected chi connectivity index (χ2v) is 6.53. The lowest BCUT2D eigenvalue weighted by Crippen LogP contribution is -2.35. The Morgan fingerprint density at radius 2 is 1.67 bits per heavy atom. The van der Waals surface area contributed by atoms with E-state index >= 15 is 0 Å². The zero-order valence-electron chi connectivity index (χ0n) is 14.7. The Kier molecular flexibility index (Phi) is 5.89. The molecule has 0 radical (unpaired) electrons. The molecule has 0 atom stereocenters. The fourth-order valence-electron chi connectivity index (χ4n) is 3.44. The van der Waals surface area contributed by atoms with Crippen molar-refractivity contribution in [2.75, 3.05) is 13.2 Å². The lowest BCUT2D eigenvalue weighted by molar-refractivity contribution is 0.0523. The minimum absolute atomic E-state index is 0. The predicted octanol–water partition coefficient (Wildman–Crippen LogP) is 3.85. The van der Waals surface area contributed by atoms with Gasteiger partial charge >= 0.3 is 0 Å². The van der Waals surface area contributed by atoms with Gasteiger partial charge in [-0.05, 0) is 36.1 Å². The molecule has 5 nitrogen and oxygen atoms in total. The molecule has 1 aliphatic rings. The Labute approximate surface area is 163 Å². The van der Waals surface area contributed by atoms with Crippen LogP contribution >= 0.6 is 12.4 Å².